The van der Waals surface area contributed by atoms with Crippen LogP contribution in [-0.2, 0) is 10.0 Å². The molecule has 0 saturated heterocycles. The fourth-order valence-corrected chi connectivity index (χ4v) is 4.40. The van der Waals surface area contributed by atoms with E-state index in [9.17, 15) is 23.6 Å². The summed E-state index contributed by atoms with van der Waals surface area (Å²) >= 11 is 3.33. The number of para-hydroxylation sites is 1. The van der Waals surface area contributed by atoms with Gasteiger partial charge in [0.1, 0.15) is 0 Å². The van der Waals surface area contributed by atoms with Crippen molar-refractivity contribution < 1.29 is 18.4 Å². The highest BCUT2D eigenvalue weighted by Gasteiger charge is 2.22. The summed E-state index contributed by atoms with van der Waals surface area (Å²) in [6, 6.07) is 16.6. The SMILES string of the molecule is O=[N+]([O-])c1cc(S(=O)(=O)Nc2ccccc2)ccc1N=Nc1c(O)[nH]c2ccc(Br)cc12. The van der Waals surface area contributed by atoms with Crippen molar-refractivity contribution >= 4 is 59.6 Å². The lowest BCUT2D eigenvalue weighted by Gasteiger charge is -2.08. The lowest BCUT2D eigenvalue weighted by molar-refractivity contribution is -0.384. The number of hydrogen-bond acceptors (Lipinski definition) is 7. The van der Waals surface area contributed by atoms with E-state index in [-0.39, 0.29) is 22.2 Å². The summed E-state index contributed by atoms with van der Waals surface area (Å²) in [7, 11) is -4.06. The Kier molecular flexibility index (Phi) is 5.63. The number of hydrogen-bond donors (Lipinski definition) is 3. The van der Waals surface area contributed by atoms with Crippen molar-refractivity contribution in [2.24, 2.45) is 10.2 Å². The molecule has 1 aromatic heterocycles. The molecule has 0 atom stereocenters. The largest absolute Gasteiger partial charge is 0.493 e. The summed E-state index contributed by atoms with van der Waals surface area (Å²) in [5.41, 5.74) is 0.295. The van der Waals surface area contributed by atoms with Crippen molar-refractivity contribution in [3.8, 4) is 5.88 Å². The Morgan fingerprint density at radius 2 is 1.78 bits per heavy atom. The number of aromatic hydroxyl groups is 1. The van der Waals surface area contributed by atoms with Crippen LogP contribution < -0.4 is 4.72 Å². The first-order valence-electron chi connectivity index (χ1n) is 9.03. The second-order valence-electron chi connectivity index (χ2n) is 6.59. The average Bonchev–Trinajstić information content (AvgIpc) is 3.06. The van der Waals surface area contributed by atoms with Gasteiger partial charge in [0.2, 0.25) is 5.88 Å². The summed E-state index contributed by atoms with van der Waals surface area (Å²) < 4.78 is 28.4. The molecular formula is C20H14BrN5O5S. The van der Waals surface area contributed by atoms with Crippen molar-refractivity contribution in [3.63, 3.8) is 0 Å². The number of H-pyrrole nitrogens is 1. The summed E-state index contributed by atoms with van der Waals surface area (Å²) in [6.45, 7) is 0. The van der Waals surface area contributed by atoms with Crippen LogP contribution in [0.5, 0.6) is 5.88 Å². The summed E-state index contributed by atoms with van der Waals surface area (Å²) in [6.07, 6.45) is 0. The highest BCUT2D eigenvalue weighted by Crippen LogP contribution is 2.39. The predicted molar refractivity (Wildman–Crippen MR) is 122 cm³/mol. The Morgan fingerprint density at radius 1 is 1.03 bits per heavy atom. The van der Waals surface area contributed by atoms with Crippen LogP contribution in [-0.4, -0.2) is 23.4 Å². The molecule has 0 radical (unpaired) electrons. The average molecular weight is 516 g/mol. The van der Waals surface area contributed by atoms with Gasteiger partial charge in [0.05, 0.1) is 15.3 Å². The van der Waals surface area contributed by atoms with Gasteiger partial charge in [-0.2, -0.15) is 0 Å². The van der Waals surface area contributed by atoms with E-state index in [4.69, 9.17) is 0 Å². The summed E-state index contributed by atoms with van der Waals surface area (Å²) in [5.74, 6) is -0.254. The molecule has 0 aliphatic heterocycles. The van der Waals surface area contributed by atoms with Gasteiger partial charge in [-0.3, -0.25) is 14.8 Å². The molecule has 0 fully saturated rings. The zero-order valence-electron chi connectivity index (χ0n) is 16.1. The molecule has 0 aliphatic carbocycles. The number of sulfonamides is 1. The highest BCUT2D eigenvalue weighted by atomic mass is 79.9. The number of nitro benzene ring substituents is 1. The molecule has 0 saturated carbocycles. The fourth-order valence-electron chi connectivity index (χ4n) is 2.96. The number of rotatable bonds is 6. The number of benzene rings is 3. The molecule has 4 rings (SSSR count). The maximum Gasteiger partial charge on any atom is 0.298 e. The first-order valence-corrected chi connectivity index (χ1v) is 11.3. The maximum absolute atomic E-state index is 12.6. The molecule has 4 aromatic rings. The Morgan fingerprint density at radius 3 is 2.50 bits per heavy atom. The number of azo groups is 1. The number of nitrogens with zero attached hydrogens (tertiary/aromatic N) is 3. The third kappa shape index (κ3) is 4.31. The molecule has 32 heavy (non-hydrogen) atoms. The van der Waals surface area contributed by atoms with Gasteiger partial charge in [0, 0.05) is 21.6 Å². The Bertz CT molecular complexity index is 1470. The first kappa shape index (κ1) is 21.5. The smallest absolute Gasteiger partial charge is 0.298 e. The number of nitrogens with one attached hydrogen (secondary N) is 2. The molecular weight excluding hydrogens is 502 g/mol. The molecule has 3 N–H and O–H groups in total. The van der Waals surface area contributed by atoms with Crippen LogP contribution in [0.25, 0.3) is 10.9 Å². The highest BCUT2D eigenvalue weighted by molar-refractivity contribution is 9.10. The molecule has 162 valence electrons. The van der Waals surface area contributed by atoms with Crippen LogP contribution in [0.1, 0.15) is 0 Å². The normalized spacial score (nSPS) is 11.8. The van der Waals surface area contributed by atoms with Crippen LogP contribution in [0.3, 0.4) is 0 Å². The molecule has 0 aliphatic rings. The number of aromatic nitrogens is 1. The van der Waals surface area contributed by atoms with Crippen molar-refractivity contribution in [2.75, 3.05) is 4.72 Å². The van der Waals surface area contributed by atoms with Crippen molar-refractivity contribution in [1.29, 1.82) is 0 Å². The van der Waals surface area contributed by atoms with Crippen LogP contribution >= 0.6 is 15.9 Å². The van der Waals surface area contributed by atoms with Crippen molar-refractivity contribution in [1.82, 2.24) is 4.98 Å². The minimum absolute atomic E-state index is 0.0954. The second kappa shape index (κ2) is 8.40. The Hall–Kier alpha value is -3.77. The fraction of sp³-hybridized carbons (Fsp3) is 0. The van der Waals surface area contributed by atoms with Gasteiger partial charge in [-0.15, -0.1) is 10.2 Å². The van der Waals surface area contributed by atoms with Crippen LogP contribution in [0.4, 0.5) is 22.7 Å². The van der Waals surface area contributed by atoms with E-state index >= 15 is 0 Å². The van der Waals surface area contributed by atoms with Crippen molar-refractivity contribution in [3.05, 3.63) is 81.3 Å². The maximum atomic E-state index is 12.6. The monoisotopic (exact) mass is 515 g/mol. The summed E-state index contributed by atoms with van der Waals surface area (Å²) in [4.78, 5) is 13.3. The lowest BCUT2D eigenvalue weighted by Crippen LogP contribution is -2.13. The van der Waals surface area contributed by atoms with Gasteiger partial charge in [0.25, 0.3) is 15.7 Å². The Balaban J connectivity index is 1.71. The number of nitro groups is 1. The number of anilines is 1. The molecule has 3 aromatic carbocycles. The number of halogens is 1. The Labute approximate surface area is 190 Å². The number of fused-ring (bicyclic) bond motifs is 1. The lowest BCUT2D eigenvalue weighted by atomic mass is 10.2. The van der Waals surface area contributed by atoms with Gasteiger partial charge in [-0.25, -0.2) is 8.42 Å². The molecule has 1 heterocycles. The van der Waals surface area contributed by atoms with E-state index in [0.717, 1.165) is 10.5 Å². The van der Waals surface area contributed by atoms with Crippen molar-refractivity contribution in [2.45, 2.75) is 4.90 Å². The van der Waals surface area contributed by atoms with Gasteiger partial charge >= 0.3 is 0 Å². The van der Waals surface area contributed by atoms with E-state index in [1.807, 2.05) is 0 Å². The molecule has 0 bridgehead atoms. The van der Waals surface area contributed by atoms with E-state index in [0.29, 0.717) is 16.6 Å². The second-order valence-corrected chi connectivity index (χ2v) is 9.19. The summed E-state index contributed by atoms with van der Waals surface area (Å²) in [5, 5.41) is 30.1. The van der Waals surface area contributed by atoms with E-state index in [2.05, 4.69) is 35.9 Å². The van der Waals surface area contributed by atoms with Crippen LogP contribution in [0.2, 0.25) is 0 Å². The van der Waals surface area contributed by atoms with Gasteiger partial charge in [0.15, 0.2) is 11.4 Å². The van der Waals surface area contributed by atoms with E-state index < -0.39 is 20.6 Å². The van der Waals surface area contributed by atoms with Gasteiger partial charge in [-0.1, -0.05) is 34.1 Å². The van der Waals surface area contributed by atoms with Crippen LogP contribution in [0, 0.1) is 10.1 Å². The third-order valence-corrected chi connectivity index (χ3v) is 6.32. The molecule has 10 nitrogen and oxygen atoms in total. The zero-order chi connectivity index (χ0) is 22.9. The molecule has 12 heteroatoms. The van der Waals surface area contributed by atoms with E-state index in [1.165, 1.54) is 12.1 Å². The third-order valence-electron chi connectivity index (χ3n) is 4.45. The predicted octanol–water partition coefficient (Wildman–Crippen LogP) is 5.76. The van der Waals surface area contributed by atoms with Crippen LogP contribution in [0.15, 0.2) is 86.3 Å². The zero-order valence-corrected chi connectivity index (χ0v) is 18.5. The quantitative estimate of drug-likeness (QED) is 0.169. The number of aromatic amines is 1. The standard InChI is InChI=1S/C20H14BrN5O5S/c21-12-6-8-16-15(10-12)19(20(27)22-16)24-23-17-9-7-14(11-18(17)26(28)29)32(30,31)25-13-4-2-1-3-5-13/h1-11,22,25,27H. The minimum Gasteiger partial charge on any atom is -0.493 e. The minimum atomic E-state index is -4.06. The van der Waals surface area contributed by atoms with Gasteiger partial charge < -0.3 is 10.1 Å². The molecule has 0 spiro atoms. The molecule has 0 amide bonds. The topological polar surface area (TPSA) is 150 Å². The first-order chi connectivity index (χ1) is 15.2. The van der Waals surface area contributed by atoms with Gasteiger partial charge in [-0.05, 0) is 42.5 Å². The molecule has 0 unspecified atom stereocenters. The van der Waals surface area contributed by atoms with E-state index in [1.54, 1.807) is 48.5 Å².